The van der Waals surface area contributed by atoms with Crippen molar-refractivity contribution in [1.29, 1.82) is 0 Å². The summed E-state index contributed by atoms with van der Waals surface area (Å²) in [5.74, 6) is 1.13. The molecule has 3 rings (SSSR count). The Hall–Kier alpha value is -2.60. The van der Waals surface area contributed by atoms with Crippen molar-refractivity contribution in [1.82, 2.24) is 0 Å². The molecule has 1 aromatic heterocycles. The van der Waals surface area contributed by atoms with E-state index in [2.05, 4.69) is 4.99 Å². The van der Waals surface area contributed by atoms with Crippen molar-refractivity contribution < 1.29 is 19.0 Å². The second-order valence-electron chi connectivity index (χ2n) is 4.42. The number of ether oxygens (including phenoxy) is 3. The maximum Gasteiger partial charge on any atom is 0.363 e. The molecule has 1 aliphatic rings. The molecule has 0 fully saturated rings. The normalized spacial score (nSPS) is 15.6. The number of hydrogen-bond acceptors (Lipinski definition) is 6. The van der Waals surface area contributed by atoms with Crippen LogP contribution in [0.1, 0.15) is 10.4 Å². The molecule has 0 atom stereocenters. The molecule has 0 radical (unpaired) electrons. The zero-order chi connectivity index (χ0) is 15.5. The van der Waals surface area contributed by atoms with Crippen molar-refractivity contribution in [3.05, 3.63) is 51.8 Å². The van der Waals surface area contributed by atoms with Gasteiger partial charge in [-0.2, -0.15) is 0 Å². The van der Waals surface area contributed by atoms with Crippen LogP contribution in [-0.4, -0.2) is 26.1 Å². The lowest BCUT2D eigenvalue weighted by Crippen LogP contribution is -2.03. The van der Waals surface area contributed by atoms with Crippen molar-refractivity contribution in [2.24, 2.45) is 4.99 Å². The van der Waals surface area contributed by atoms with Crippen LogP contribution in [0.5, 0.6) is 11.5 Å². The summed E-state index contributed by atoms with van der Waals surface area (Å²) in [6.07, 6.45) is 1.64. The predicted octanol–water partition coefficient (Wildman–Crippen LogP) is 3.11. The molecule has 1 aromatic carbocycles. The molecular weight excluding hydrogens is 302 g/mol. The highest BCUT2D eigenvalue weighted by Crippen LogP contribution is 2.28. The average molecular weight is 315 g/mol. The van der Waals surface area contributed by atoms with Gasteiger partial charge in [-0.25, -0.2) is 9.79 Å². The van der Waals surface area contributed by atoms with Crippen molar-refractivity contribution in [3.8, 4) is 11.5 Å². The lowest BCUT2D eigenvalue weighted by Gasteiger charge is -2.07. The highest BCUT2D eigenvalue weighted by Gasteiger charge is 2.25. The van der Waals surface area contributed by atoms with E-state index in [0.29, 0.717) is 17.4 Å². The SMILES string of the molecule is COc1ccc(C=C2N=C(c3cccs3)OC2=O)c(OC)c1. The van der Waals surface area contributed by atoms with Crippen LogP contribution < -0.4 is 9.47 Å². The Morgan fingerprint density at radius 1 is 1.23 bits per heavy atom. The maximum absolute atomic E-state index is 11.9. The molecule has 0 spiro atoms. The number of thiophene rings is 1. The van der Waals surface area contributed by atoms with Gasteiger partial charge in [0.25, 0.3) is 0 Å². The van der Waals surface area contributed by atoms with Crippen LogP contribution in [0.2, 0.25) is 0 Å². The van der Waals surface area contributed by atoms with Crippen molar-refractivity contribution in [2.75, 3.05) is 14.2 Å². The first-order valence-corrected chi connectivity index (χ1v) is 7.37. The van der Waals surface area contributed by atoms with E-state index < -0.39 is 5.97 Å². The topological polar surface area (TPSA) is 57.1 Å². The predicted molar refractivity (Wildman–Crippen MR) is 84.5 cm³/mol. The number of benzene rings is 1. The Bertz CT molecular complexity index is 762. The number of carbonyl (C=O) groups is 1. The number of carbonyl (C=O) groups excluding carboxylic acids is 1. The van der Waals surface area contributed by atoms with E-state index in [0.717, 1.165) is 10.4 Å². The molecule has 6 heteroatoms. The largest absolute Gasteiger partial charge is 0.497 e. The van der Waals surface area contributed by atoms with Crippen LogP contribution in [0.25, 0.3) is 6.08 Å². The van der Waals surface area contributed by atoms with Crippen LogP contribution >= 0.6 is 11.3 Å². The minimum atomic E-state index is -0.471. The maximum atomic E-state index is 11.9. The quantitative estimate of drug-likeness (QED) is 0.642. The smallest absolute Gasteiger partial charge is 0.363 e. The van der Waals surface area contributed by atoms with Gasteiger partial charge < -0.3 is 14.2 Å². The third-order valence-electron chi connectivity index (χ3n) is 3.09. The Kier molecular flexibility index (Phi) is 3.93. The lowest BCUT2D eigenvalue weighted by atomic mass is 10.1. The first-order valence-electron chi connectivity index (χ1n) is 6.49. The molecule has 5 nitrogen and oxygen atoms in total. The first kappa shape index (κ1) is 14.3. The van der Waals surface area contributed by atoms with E-state index in [-0.39, 0.29) is 5.70 Å². The summed E-state index contributed by atoms with van der Waals surface area (Å²) in [5, 5.41) is 1.90. The number of aliphatic imine (C=N–C) groups is 1. The van der Waals surface area contributed by atoms with E-state index in [9.17, 15) is 4.79 Å². The molecule has 2 heterocycles. The minimum absolute atomic E-state index is 0.242. The van der Waals surface area contributed by atoms with Gasteiger partial charge in [-0.05, 0) is 29.7 Å². The summed E-state index contributed by atoms with van der Waals surface area (Å²) < 4.78 is 15.7. The van der Waals surface area contributed by atoms with Crippen LogP contribution in [-0.2, 0) is 9.53 Å². The molecular formula is C16H13NO4S. The van der Waals surface area contributed by atoms with Crippen LogP contribution in [0.15, 0.2) is 46.4 Å². The molecule has 0 aliphatic carbocycles. The van der Waals surface area contributed by atoms with Gasteiger partial charge in [-0.3, -0.25) is 0 Å². The zero-order valence-corrected chi connectivity index (χ0v) is 12.8. The first-order chi connectivity index (χ1) is 10.7. The Balaban J connectivity index is 1.96. The number of methoxy groups -OCH3 is 2. The molecule has 22 heavy (non-hydrogen) atoms. The van der Waals surface area contributed by atoms with E-state index >= 15 is 0 Å². The van der Waals surface area contributed by atoms with Gasteiger partial charge in [0.2, 0.25) is 5.90 Å². The third kappa shape index (κ3) is 2.73. The van der Waals surface area contributed by atoms with Crippen molar-refractivity contribution in [2.45, 2.75) is 0 Å². The fourth-order valence-corrected chi connectivity index (χ4v) is 2.65. The molecule has 2 aromatic rings. The molecule has 0 saturated heterocycles. The van der Waals surface area contributed by atoms with Gasteiger partial charge in [0, 0.05) is 11.6 Å². The highest BCUT2D eigenvalue weighted by atomic mass is 32.1. The number of nitrogens with zero attached hydrogens (tertiary/aromatic N) is 1. The second kappa shape index (κ2) is 6.03. The lowest BCUT2D eigenvalue weighted by molar-refractivity contribution is -0.129. The molecule has 0 N–H and O–H groups in total. The van der Waals surface area contributed by atoms with Crippen molar-refractivity contribution >= 4 is 29.3 Å². The summed E-state index contributed by atoms with van der Waals surface area (Å²) in [7, 11) is 3.14. The summed E-state index contributed by atoms with van der Waals surface area (Å²) >= 11 is 1.47. The van der Waals surface area contributed by atoms with E-state index in [1.165, 1.54) is 11.3 Å². The van der Waals surface area contributed by atoms with Gasteiger partial charge in [-0.1, -0.05) is 6.07 Å². The Morgan fingerprint density at radius 2 is 2.09 bits per heavy atom. The number of cyclic esters (lactones) is 1. The molecule has 112 valence electrons. The van der Waals surface area contributed by atoms with Crippen LogP contribution in [0, 0.1) is 0 Å². The van der Waals surface area contributed by atoms with Crippen LogP contribution in [0.4, 0.5) is 0 Å². The third-order valence-corrected chi connectivity index (χ3v) is 3.94. The molecule has 0 saturated carbocycles. The van der Waals surface area contributed by atoms with E-state index in [4.69, 9.17) is 14.2 Å². The fraction of sp³-hybridized carbons (Fsp3) is 0.125. The Morgan fingerprint density at radius 3 is 2.77 bits per heavy atom. The monoisotopic (exact) mass is 315 g/mol. The minimum Gasteiger partial charge on any atom is -0.497 e. The molecule has 0 unspecified atom stereocenters. The molecule has 0 bridgehead atoms. The van der Waals surface area contributed by atoms with Gasteiger partial charge >= 0.3 is 5.97 Å². The van der Waals surface area contributed by atoms with Gasteiger partial charge in [0.1, 0.15) is 11.5 Å². The zero-order valence-electron chi connectivity index (χ0n) is 12.0. The summed E-state index contributed by atoms with van der Waals surface area (Å²) in [5.41, 5.74) is 0.971. The summed E-state index contributed by atoms with van der Waals surface area (Å²) in [4.78, 5) is 17.0. The van der Waals surface area contributed by atoms with Crippen molar-refractivity contribution in [3.63, 3.8) is 0 Å². The fourth-order valence-electron chi connectivity index (χ4n) is 2.00. The number of hydrogen-bond donors (Lipinski definition) is 0. The van der Waals surface area contributed by atoms with Gasteiger partial charge in [0.05, 0.1) is 19.1 Å². The second-order valence-corrected chi connectivity index (χ2v) is 5.37. The molecule has 1 aliphatic heterocycles. The standard InChI is InChI=1S/C16H13NO4S/c1-19-11-6-5-10(13(9-11)20-2)8-12-16(18)21-15(17-12)14-4-3-7-22-14/h3-9H,1-2H3. The Labute approximate surface area is 131 Å². The average Bonchev–Trinajstić information content (AvgIpc) is 3.18. The summed E-state index contributed by atoms with van der Waals surface area (Å²) in [6.45, 7) is 0. The molecule has 0 amide bonds. The van der Waals surface area contributed by atoms with E-state index in [1.54, 1.807) is 38.5 Å². The number of esters is 1. The van der Waals surface area contributed by atoms with Crippen LogP contribution in [0.3, 0.4) is 0 Å². The van der Waals surface area contributed by atoms with Gasteiger partial charge in [0.15, 0.2) is 5.70 Å². The van der Waals surface area contributed by atoms with E-state index in [1.807, 2.05) is 17.5 Å². The van der Waals surface area contributed by atoms with Gasteiger partial charge in [-0.15, -0.1) is 11.3 Å². The summed E-state index contributed by atoms with van der Waals surface area (Å²) in [6, 6.07) is 9.07. The number of rotatable bonds is 4. The highest BCUT2D eigenvalue weighted by molar-refractivity contribution is 7.12.